The van der Waals surface area contributed by atoms with Gasteiger partial charge in [-0.1, -0.05) is 54.6 Å². The molecule has 0 saturated carbocycles. The second-order valence-electron chi connectivity index (χ2n) is 5.65. The van der Waals surface area contributed by atoms with Gasteiger partial charge >= 0.3 is 0 Å². The third-order valence-electron chi connectivity index (χ3n) is 4.14. The molecule has 2 aromatic carbocycles. The fraction of sp³-hybridized carbons (Fsp3) is 0.333. The van der Waals surface area contributed by atoms with Gasteiger partial charge in [0.15, 0.2) is 0 Å². The summed E-state index contributed by atoms with van der Waals surface area (Å²) in [6, 6.07) is 19.1. The lowest BCUT2D eigenvalue weighted by atomic mass is 9.91. The molecule has 104 valence electrons. The van der Waals surface area contributed by atoms with E-state index in [-0.39, 0.29) is 6.04 Å². The Kier molecular flexibility index (Phi) is 3.86. The number of nitrogens with two attached hydrogens (primary N) is 1. The number of benzene rings is 2. The zero-order chi connectivity index (χ0) is 13.9. The van der Waals surface area contributed by atoms with E-state index in [9.17, 15) is 0 Å². The molecule has 1 fully saturated rings. The Hall–Kier alpha value is -1.64. The molecule has 2 nitrogen and oxygen atoms in total. The fourth-order valence-corrected chi connectivity index (χ4v) is 2.90. The van der Waals surface area contributed by atoms with Crippen molar-refractivity contribution in [1.82, 2.24) is 0 Å². The quantitative estimate of drug-likeness (QED) is 0.918. The minimum Gasteiger partial charge on any atom is -0.378 e. The molecule has 0 radical (unpaired) electrons. The van der Waals surface area contributed by atoms with Gasteiger partial charge in [0, 0.05) is 12.0 Å². The maximum Gasteiger partial charge on any atom is 0.0551 e. The molecule has 0 spiro atoms. The molecule has 3 unspecified atom stereocenters. The van der Waals surface area contributed by atoms with Crippen molar-refractivity contribution in [2.24, 2.45) is 11.7 Å². The molecule has 0 aromatic heterocycles. The first-order chi connectivity index (χ1) is 9.74. The first kappa shape index (κ1) is 13.3. The van der Waals surface area contributed by atoms with E-state index in [4.69, 9.17) is 10.5 Å². The number of hydrogen-bond acceptors (Lipinski definition) is 2. The second-order valence-corrected chi connectivity index (χ2v) is 5.65. The Morgan fingerprint density at radius 2 is 1.65 bits per heavy atom. The lowest BCUT2D eigenvalue weighted by Gasteiger charge is -2.18. The van der Waals surface area contributed by atoms with Gasteiger partial charge in [0.05, 0.1) is 12.7 Å². The Morgan fingerprint density at radius 3 is 2.25 bits per heavy atom. The van der Waals surface area contributed by atoms with Crippen molar-refractivity contribution in [3.63, 3.8) is 0 Å². The molecule has 1 aliphatic heterocycles. The minimum atomic E-state index is 0.0739. The summed E-state index contributed by atoms with van der Waals surface area (Å²) in [7, 11) is 0. The molecule has 1 heterocycles. The highest BCUT2D eigenvalue weighted by molar-refractivity contribution is 5.63. The van der Waals surface area contributed by atoms with Crippen molar-refractivity contribution in [3.05, 3.63) is 60.2 Å². The lowest BCUT2D eigenvalue weighted by Crippen LogP contribution is -2.21. The number of rotatable bonds is 3. The molecule has 0 aliphatic carbocycles. The van der Waals surface area contributed by atoms with Crippen LogP contribution in [0.2, 0.25) is 0 Å². The molecule has 0 bridgehead atoms. The summed E-state index contributed by atoms with van der Waals surface area (Å²) in [5.74, 6) is 0.438. The molecular formula is C18H21NO. The second kappa shape index (κ2) is 5.78. The van der Waals surface area contributed by atoms with Crippen LogP contribution in [0, 0.1) is 5.92 Å². The monoisotopic (exact) mass is 267 g/mol. The zero-order valence-electron chi connectivity index (χ0n) is 11.8. The van der Waals surface area contributed by atoms with Crippen LogP contribution in [0.4, 0.5) is 0 Å². The summed E-state index contributed by atoms with van der Waals surface area (Å²) < 4.78 is 5.62. The van der Waals surface area contributed by atoms with Crippen LogP contribution in [-0.4, -0.2) is 12.7 Å². The highest BCUT2D eigenvalue weighted by Gasteiger charge is 2.28. The molecule has 3 atom stereocenters. The summed E-state index contributed by atoms with van der Waals surface area (Å²) in [6.07, 6.45) is 1.40. The van der Waals surface area contributed by atoms with Gasteiger partial charge in [-0.15, -0.1) is 0 Å². The molecule has 20 heavy (non-hydrogen) atoms. The van der Waals surface area contributed by atoms with E-state index >= 15 is 0 Å². The van der Waals surface area contributed by atoms with Gasteiger partial charge in [-0.05, 0) is 30.0 Å². The summed E-state index contributed by atoms with van der Waals surface area (Å²) in [4.78, 5) is 0. The molecule has 1 aliphatic rings. The largest absolute Gasteiger partial charge is 0.378 e. The van der Waals surface area contributed by atoms with Crippen LogP contribution < -0.4 is 5.73 Å². The lowest BCUT2D eigenvalue weighted by molar-refractivity contribution is 0.118. The van der Waals surface area contributed by atoms with Gasteiger partial charge in [-0.25, -0.2) is 0 Å². The molecule has 2 aromatic rings. The van der Waals surface area contributed by atoms with Crippen molar-refractivity contribution < 1.29 is 4.74 Å². The summed E-state index contributed by atoms with van der Waals surface area (Å²) in [6.45, 7) is 2.90. The Bertz CT molecular complexity index is 549. The highest BCUT2D eigenvalue weighted by Crippen LogP contribution is 2.31. The Morgan fingerprint density at radius 1 is 1.00 bits per heavy atom. The highest BCUT2D eigenvalue weighted by atomic mass is 16.5. The number of hydrogen-bond donors (Lipinski definition) is 1. The van der Waals surface area contributed by atoms with Crippen LogP contribution in [0.15, 0.2) is 54.6 Å². The predicted octanol–water partition coefficient (Wildman–Crippen LogP) is 3.78. The van der Waals surface area contributed by atoms with Crippen molar-refractivity contribution in [3.8, 4) is 11.1 Å². The van der Waals surface area contributed by atoms with Gasteiger partial charge in [0.2, 0.25) is 0 Å². The van der Waals surface area contributed by atoms with E-state index < -0.39 is 0 Å². The molecule has 2 heteroatoms. The van der Waals surface area contributed by atoms with Crippen molar-refractivity contribution >= 4 is 0 Å². The fourth-order valence-electron chi connectivity index (χ4n) is 2.90. The third kappa shape index (κ3) is 2.77. The van der Waals surface area contributed by atoms with E-state index in [2.05, 4.69) is 55.5 Å². The molecule has 3 rings (SSSR count). The Balaban J connectivity index is 1.76. The van der Waals surface area contributed by atoms with Crippen LogP contribution in [0.5, 0.6) is 0 Å². The standard InChI is InChI=1S/C18H21NO/c1-13-11-17(12-20-13)18(19)16-9-7-15(8-10-16)14-5-3-2-4-6-14/h2-10,13,17-18H,11-12,19H2,1H3. The molecule has 1 saturated heterocycles. The van der Waals surface area contributed by atoms with Crippen LogP contribution >= 0.6 is 0 Å². The van der Waals surface area contributed by atoms with Gasteiger partial charge in [-0.3, -0.25) is 0 Å². The smallest absolute Gasteiger partial charge is 0.0551 e. The average molecular weight is 267 g/mol. The molecule has 0 amide bonds. The van der Waals surface area contributed by atoms with E-state index in [0.717, 1.165) is 13.0 Å². The van der Waals surface area contributed by atoms with Gasteiger partial charge in [0.25, 0.3) is 0 Å². The van der Waals surface area contributed by atoms with Crippen LogP contribution in [0.1, 0.15) is 24.9 Å². The SMILES string of the molecule is CC1CC(C(N)c2ccc(-c3ccccc3)cc2)CO1. The van der Waals surface area contributed by atoms with Gasteiger partial charge < -0.3 is 10.5 Å². The topological polar surface area (TPSA) is 35.2 Å². The first-order valence-electron chi connectivity index (χ1n) is 7.26. The zero-order valence-corrected chi connectivity index (χ0v) is 11.8. The third-order valence-corrected chi connectivity index (χ3v) is 4.14. The number of ether oxygens (including phenoxy) is 1. The Labute approximate surface area is 120 Å². The van der Waals surface area contributed by atoms with Crippen LogP contribution in [0.25, 0.3) is 11.1 Å². The van der Waals surface area contributed by atoms with Gasteiger partial charge in [-0.2, -0.15) is 0 Å². The van der Waals surface area contributed by atoms with E-state index in [1.54, 1.807) is 0 Å². The average Bonchev–Trinajstić information content (AvgIpc) is 2.94. The van der Waals surface area contributed by atoms with Gasteiger partial charge in [0.1, 0.15) is 0 Å². The maximum absolute atomic E-state index is 6.37. The molecule has 2 N–H and O–H groups in total. The van der Waals surface area contributed by atoms with Crippen molar-refractivity contribution in [2.75, 3.05) is 6.61 Å². The predicted molar refractivity (Wildman–Crippen MR) is 82.3 cm³/mol. The molecular weight excluding hydrogens is 246 g/mol. The first-order valence-corrected chi connectivity index (χ1v) is 7.26. The van der Waals surface area contributed by atoms with E-state index in [1.165, 1.54) is 16.7 Å². The normalized spacial score (nSPS) is 23.7. The minimum absolute atomic E-state index is 0.0739. The van der Waals surface area contributed by atoms with Crippen LogP contribution in [0.3, 0.4) is 0 Å². The van der Waals surface area contributed by atoms with E-state index in [0.29, 0.717) is 12.0 Å². The van der Waals surface area contributed by atoms with Crippen LogP contribution in [-0.2, 0) is 4.74 Å². The summed E-state index contributed by atoms with van der Waals surface area (Å²) in [5.41, 5.74) is 10.0. The van der Waals surface area contributed by atoms with Crippen molar-refractivity contribution in [2.45, 2.75) is 25.5 Å². The van der Waals surface area contributed by atoms with E-state index in [1.807, 2.05) is 6.07 Å². The maximum atomic E-state index is 6.37. The summed E-state index contributed by atoms with van der Waals surface area (Å²) >= 11 is 0. The summed E-state index contributed by atoms with van der Waals surface area (Å²) in [5, 5.41) is 0. The van der Waals surface area contributed by atoms with Crippen molar-refractivity contribution in [1.29, 1.82) is 0 Å².